The van der Waals surface area contributed by atoms with Crippen molar-refractivity contribution >= 4 is 11.6 Å². The predicted octanol–water partition coefficient (Wildman–Crippen LogP) is 4.80. The number of amides is 1. The fraction of sp³-hybridized carbons (Fsp3) is 0.381. The number of hydrogen-bond acceptors (Lipinski definition) is 2. The van der Waals surface area contributed by atoms with Crippen LogP contribution < -0.4 is 10.6 Å². The van der Waals surface area contributed by atoms with Gasteiger partial charge in [-0.25, -0.2) is 4.39 Å². The Bertz CT molecular complexity index is 682. The van der Waals surface area contributed by atoms with E-state index < -0.39 is 0 Å². The molecule has 0 radical (unpaired) electrons. The first-order valence-corrected chi connectivity index (χ1v) is 8.76. The van der Waals surface area contributed by atoms with Crippen LogP contribution in [0.2, 0.25) is 0 Å². The number of benzene rings is 2. The quantitative estimate of drug-likeness (QED) is 0.759. The molecule has 4 heteroatoms. The summed E-state index contributed by atoms with van der Waals surface area (Å²) >= 11 is 0. The van der Waals surface area contributed by atoms with Gasteiger partial charge in [0.05, 0.1) is 6.54 Å². The summed E-state index contributed by atoms with van der Waals surface area (Å²) in [7, 11) is 0. The van der Waals surface area contributed by atoms with Crippen molar-refractivity contribution in [2.45, 2.75) is 46.1 Å². The highest BCUT2D eigenvalue weighted by molar-refractivity contribution is 5.81. The van der Waals surface area contributed by atoms with E-state index in [1.165, 1.54) is 23.3 Å². The number of carbonyl (C=O) groups excluding carboxylic acids is 1. The van der Waals surface area contributed by atoms with Gasteiger partial charge in [-0.2, -0.15) is 0 Å². The smallest absolute Gasteiger partial charge is 0.239 e. The van der Waals surface area contributed by atoms with Gasteiger partial charge in [0.25, 0.3) is 0 Å². The molecule has 25 heavy (non-hydrogen) atoms. The maximum atomic E-state index is 12.9. The molecule has 0 atom stereocenters. The lowest BCUT2D eigenvalue weighted by Gasteiger charge is -2.20. The van der Waals surface area contributed by atoms with Crippen molar-refractivity contribution in [1.82, 2.24) is 5.32 Å². The maximum Gasteiger partial charge on any atom is 0.239 e. The number of para-hydroxylation sites is 1. The van der Waals surface area contributed by atoms with E-state index in [1.54, 1.807) is 12.1 Å². The lowest BCUT2D eigenvalue weighted by molar-refractivity contribution is -0.119. The topological polar surface area (TPSA) is 41.1 Å². The minimum atomic E-state index is -0.275. The molecular weight excluding hydrogens is 315 g/mol. The summed E-state index contributed by atoms with van der Waals surface area (Å²) in [6.45, 7) is 9.21. The van der Waals surface area contributed by atoms with Gasteiger partial charge in [0.1, 0.15) is 5.82 Å². The van der Waals surface area contributed by atoms with Gasteiger partial charge in [-0.15, -0.1) is 0 Å². The van der Waals surface area contributed by atoms with Crippen molar-refractivity contribution in [3.05, 3.63) is 65.0 Å². The van der Waals surface area contributed by atoms with Crippen LogP contribution >= 0.6 is 0 Å². The van der Waals surface area contributed by atoms with Gasteiger partial charge in [0.2, 0.25) is 5.91 Å². The van der Waals surface area contributed by atoms with Gasteiger partial charge < -0.3 is 10.6 Å². The van der Waals surface area contributed by atoms with Crippen LogP contribution in [0.25, 0.3) is 0 Å². The molecule has 0 spiro atoms. The Balaban J connectivity index is 2.00. The van der Waals surface area contributed by atoms with Crippen LogP contribution in [0.5, 0.6) is 0 Å². The standard InChI is InChI=1S/C21H27FN2O/c1-14(2)18-6-5-7-19(15(3)4)21(18)24-13-20(25)23-12-16-8-10-17(22)11-9-16/h5-11,14-15,24H,12-13H2,1-4H3,(H,23,25). The molecular formula is C21H27FN2O. The molecule has 134 valence electrons. The number of rotatable bonds is 7. The average Bonchev–Trinajstić information content (AvgIpc) is 2.58. The minimum Gasteiger partial charge on any atom is -0.376 e. The van der Waals surface area contributed by atoms with E-state index in [-0.39, 0.29) is 18.3 Å². The van der Waals surface area contributed by atoms with Crippen molar-refractivity contribution in [3.8, 4) is 0 Å². The number of halogens is 1. The molecule has 2 aromatic rings. The molecule has 0 bridgehead atoms. The van der Waals surface area contributed by atoms with Crippen LogP contribution in [0.4, 0.5) is 10.1 Å². The summed E-state index contributed by atoms with van der Waals surface area (Å²) in [4.78, 5) is 12.2. The Kier molecular flexibility index (Phi) is 6.57. The van der Waals surface area contributed by atoms with Crippen LogP contribution in [-0.2, 0) is 11.3 Å². The average molecular weight is 342 g/mol. The normalized spacial score (nSPS) is 11.0. The predicted molar refractivity (Wildman–Crippen MR) is 101 cm³/mol. The summed E-state index contributed by atoms with van der Waals surface area (Å²) in [5.74, 6) is 0.396. The molecule has 0 saturated carbocycles. The monoisotopic (exact) mass is 342 g/mol. The third-order valence-corrected chi connectivity index (χ3v) is 4.20. The highest BCUT2D eigenvalue weighted by atomic mass is 19.1. The van der Waals surface area contributed by atoms with Crippen LogP contribution in [0.15, 0.2) is 42.5 Å². The highest BCUT2D eigenvalue weighted by Gasteiger charge is 2.14. The first-order chi connectivity index (χ1) is 11.9. The molecule has 0 saturated heterocycles. The first-order valence-electron chi connectivity index (χ1n) is 8.76. The number of nitrogens with one attached hydrogen (secondary N) is 2. The van der Waals surface area contributed by atoms with E-state index in [4.69, 9.17) is 0 Å². The summed E-state index contributed by atoms with van der Waals surface area (Å²) < 4.78 is 12.9. The molecule has 3 nitrogen and oxygen atoms in total. The zero-order valence-electron chi connectivity index (χ0n) is 15.4. The van der Waals surface area contributed by atoms with Crippen molar-refractivity contribution in [3.63, 3.8) is 0 Å². The summed E-state index contributed by atoms with van der Waals surface area (Å²) in [5, 5.41) is 6.18. The Hall–Kier alpha value is -2.36. The zero-order chi connectivity index (χ0) is 18.4. The summed E-state index contributed by atoms with van der Waals surface area (Å²) in [6.07, 6.45) is 0. The Morgan fingerprint density at radius 3 is 2.04 bits per heavy atom. The van der Waals surface area contributed by atoms with Crippen molar-refractivity contribution < 1.29 is 9.18 Å². The molecule has 2 rings (SSSR count). The fourth-order valence-electron chi connectivity index (χ4n) is 2.79. The number of carbonyl (C=O) groups is 1. The van der Waals surface area contributed by atoms with Crippen LogP contribution in [0, 0.1) is 5.82 Å². The second-order valence-electron chi connectivity index (χ2n) is 6.88. The molecule has 0 aromatic heterocycles. The molecule has 0 aliphatic carbocycles. The van der Waals surface area contributed by atoms with Gasteiger partial charge in [0.15, 0.2) is 0 Å². The molecule has 0 unspecified atom stereocenters. The molecule has 0 heterocycles. The highest BCUT2D eigenvalue weighted by Crippen LogP contribution is 2.32. The third kappa shape index (κ3) is 5.31. The van der Waals surface area contributed by atoms with E-state index >= 15 is 0 Å². The van der Waals surface area contributed by atoms with Crippen molar-refractivity contribution in [2.24, 2.45) is 0 Å². The van der Waals surface area contributed by atoms with Gasteiger partial charge in [-0.05, 0) is 40.7 Å². The van der Waals surface area contributed by atoms with Crippen LogP contribution in [0.1, 0.15) is 56.2 Å². The van der Waals surface area contributed by atoms with E-state index in [0.29, 0.717) is 18.4 Å². The SMILES string of the molecule is CC(C)c1cccc(C(C)C)c1NCC(=O)NCc1ccc(F)cc1. The summed E-state index contributed by atoms with van der Waals surface area (Å²) in [5.41, 5.74) is 4.37. The Morgan fingerprint density at radius 1 is 0.960 bits per heavy atom. The van der Waals surface area contributed by atoms with Crippen molar-refractivity contribution in [1.29, 1.82) is 0 Å². The summed E-state index contributed by atoms with van der Waals surface area (Å²) in [6, 6.07) is 12.4. The lowest BCUT2D eigenvalue weighted by Crippen LogP contribution is -2.30. The van der Waals surface area contributed by atoms with E-state index in [2.05, 4.69) is 56.5 Å². The molecule has 0 aliphatic heterocycles. The van der Waals surface area contributed by atoms with E-state index in [0.717, 1.165) is 11.3 Å². The lowest BCUT2D eigenvalue weighted by atomic mass is 9.92. The second-order valence-corrected chi connectivity index (χ2v) is 6.88. The van der Waals surface area contributed by atoms with Crippen LogP contribution in [0.3, 0.4) is 0 Å². The molecule has 2 N–H and O–H groups in total. The molecule has 0 aliphatic rings. The number of anilines is 1. The second kappa shape index (κ2) is 8.65. The van der Waals surface area contributed by atoms with Gasteiger partial charge in [0, 0.05) is 12.2 Å². The Labute approximate surface area is 149 Å². The molecule has 1 amide bonds. The minimum absolute atomic E-state index is 0.0856. The fourth-order valence-corrected chi connectivity index (χ4v) is 2.79. The number of hydrogen-bond donors (Lipinski definition) is 2. The molecule has 2 aromatic carbocycles. The van der Waals surface area contributed by atoms with Gasteiger partial charge in [-0.1, -0.05) is 58.0 Å². The van der Waals surface area contributed by atoms with E-state index in [1.807, 2.05) is 0 Å². The van der Waals surface area contributed by atoms with E-state index in [9.17, 15) is 9.18 Å². The zero-order valence-corrected chi connectivity index (χ0v) is 15.4. The largest absolute Gasteiger partial charge is 0.376 e. The Morgan fingerprint density at radius 2 is 1.52 bits per heavy atom. The van der Waals surface area contributed by atoms with Gasteiger partial charge in [-0.3, -0.25) is 4.79 Å². The van der Waals surface area contributed by atoms with Crippen LogP contribution in [-0.4, -0.2) is 12.5 Å². The van der Waals surface area contributed by atoms with Crippen molar-refractivity contribution in [2.75, 3.05) is 11.9 Å². The first kappa shape index (κ1) is 19.0. The third-order valence-electron chi connectivity index (χ3n) is 4.20. The molecule has 0 fully saturated rings. The van der Waals surface area contributed by atoms with Gasteiger partial charge >= 0.3 is 0 Å². The maximum absolute atomic E-state index is 12.9.